The number of nitrogens with zero attached hydrogens (tertiary/aromatic N) is 4. The highest BCUT2D eigenvalue weighted by atomic mass is 31.2. The van der Waals surface area contributed by atoms with Gasteiger partial charge in [0.05, 0.1) is 17.2 Å². The van der Waals surface area contributed by atoms with Gasteiger partial charge in [0.1, 0.15) is 0 Å². The van der Waals surface area contributed by atoms with Crippen molar-refractivity contribution >= 4 is 25.0 Å². The molecule has 3 heterocycles. The first kappa shape index (κ1) is 20.5. The highest BCUT2D eigenvalue weighted by Crippen LogP contribution is 2.67. The normalized spacial score (nSPS) is 28.1. The summed E-state index contributed by atoms with van der Waals surface area (Å²) in [5.74, 6) is 0. The second-order valence-corrected chi connectivity index (χ2v) is 11.7. The van der Waals surface area contributed by atoms with Gasteiger partial charge in [-0.25, -0.2) is 4.67 Å². The Morgan fingerprint density at radius 2 is 1.55 bits per heavy atom. The number of allylic oxidation sites excluding steroid dienone is 2. The maximum atomic E-state index is 15.2. The third-order valence-corrected chi connectivity index (χ3v) is 9.89. The molecule has 162 valence electrons. The molecule has 0 saturated carbocycles. The van der Waals surface area contributed by atoms with Crippen LogP contribution in [0.4, 0.5) is 11.4 Å². The number of fused-ring (bicyclic) bond motifs is 1. The maximum absolute atomic E-state index is 15.2. The fourth-order valence-electron chi connectivity index (χ4n) is 5.39. The van der Waals surface area contributed by atoms with E-state index in [1.165, 1.54) is 24.1 Å². The molecular formula is C25H31N4OP. The quantitative estimate of drug-likeness (QED) is 0.528. The Balaban J connectivity index is 1.71. The first-order chi connectivity index (χ1) is 15.0. The van der Waals surface area contributed by atoms with E-state index in [0.29, 0.717) is 0 Å². The molecule has 2 aromatic carbocycles. The summed E-state index contributed by atoms with van der Waals surface area (Å²) in [6.45, 7) is 6.17. The third-order valence-electron chi connectivity index (χ3n) is 6.92. The van der Waals surface area contributed by atoms with Crippen LogP contribution in [-0.4, -0.2) is 31.0 Å². The first-order valence-electron chi connectivity index (χ1n) is 11.3. The SMILES string of the molecule is CN1/C(=C2\C=NN(c3ccccc3)[P@@]2(=O)N2CCCCCC2)C(C)(C)c2ccccc21. The summed E-state index contributed by atoms with van der Waals surface area (Å²) >= 11 is 0. The minimum absolute atomic E-state index is 0.249. The lowest BCUT2D eigenvalue weighted by Crippen LogP contribution is -2.32. The van der Waals surface area contributed by atoms with Crippen molar-refractivity contribution in [3.8, 4) is 0 Å². The zero-order valence-electron chi connectivity index (χ0n) is 18.7. The van der Waals surface area contributed by atoms with Crippen LogP contribution in [0.25, 0.3) is 0 Å². The van der Waals surface area contributed by atoms with E-state index in [1.54, 1.807) is 0 Å². The van der Waals surface area contributed by atoms with Gasteiger partial charge in [-0.3, -0.25) is 4.57 Å². The molecule has 1 fully saturated rings. The van der Waals surface area contributed by atoms with Crippen molar-refractivity contribution in [3.63, 3.8) is 0 Å². The summed E-state index contributed by atoms with van der Waals surface area (Å²) in [4.78, 5) is 2.23. The fourth-order valence-corrected chi connectivity index (χ4v) is 8.51. The number of hydrazone groups is 1. The van der Waals surface area contributed by atoms with E-state index < -0.39 is 7.44 Å². The minimum atomic E-state index is -3.13. The van der Waals surface area contributed by atoms with Gasteiger partial charge >= 0.3 is 0 Å². The van der Waals surface area contributed by atoms with Gasteiger partial charge < -0.3 is 4.90 Å². The Kier molecular flexibility index (Phi) is 5.07. The molecule has 0 radical (unpaired) electrons. The molecule has 0 N–H and O–H groups in total. The first-order valence-corrected chi connectivity index (χ1v) is 12.9. The van der Waals surface area contributed by atoms with Crippen LogP contribution in [0.3, 0.4) is 0 Å². The van der Waals surface area contributed by atoms with Crippen LogP contribution in [0.2, 0.25) is 0 Å². The van der Waals surface area contributed by atoms with Crippen molar-refractivity contribution in [1.29, 1.82) is 0 Å². The summed E-state index contributed by atoms with van der Waals surface area (Å²) in [5.41, 5.74) is 4.19. The summed E-state index contributed by atoms with van der Waals surface area (Å²) in [6, 6.07) is 18.5. The second-order valence-electron chi connectivity index (χ2n) is 9.22. The minimum Gasteiger partial charge on any atom is -0.346 e. The van der Waals surface area contributed by atoms with E-state index in [0.717, 1.165) is 42.6 Å². The van der Waals surface area contributed by atoms with Crippen LogP contribution in [0, 0.1) is 0 Å². The maximum Gasteiger partial charge on any atom is 0.292 e. The Labute approximate surface area is 185 Å². The number of hydrogen-bond donors (Lipinski definition) is 0. The Hall–Kier alpha value is -2.36. The predicted octanol–water partition coefficient (Wildman–Crippen LogP) is 6.20. The molecule has 0 bridgehead atoms. The Morgan fingerprint density at radius 1 is 0.903 bits per heavy atom. The number of para-hydroxylation sites is 2. The van der Waals surface area contributed by atoms with Gasteiger partial charge in [0, 0.05) is 36.9 Å². The highest BCUT2D eigenvalue weighted by Gasteiger charge is 2.51. The molecule has 0 amide bonds. The highest BCUT2D eigenvalue weighted by molar-refractivity contribution is 7.69. The smallest absolute Gasteiger partial charge is 0.292 e. The third kappa shape index (κ3) is 3.09. The molecule has 0 aliphatic carbocycles. The van der Waals surface area contributed by atoms with Gasteiger partial charge in [-0.1, -0.05) is 63.1 Å². The monoisotopic (exact) mass is 434 g/mol. The standard InChI is InChI=1S/C25H31N4OP/c1-25(2)21-15-9-10-16-22(21)27(3)24(25)23-19-26-29(20-13-7-6-8-14-20)31(23,30)28-17-11-4-5-12-18-28/h6-10,13-16,19H,4-5,11-12,17-18H2,1-3H3/b24-23+/t31-/m0/s1. The zero-order chi connectivity index (χ0) is 21.6. The molecule has 1 atom stereocenters. The molecular weight excluding hydrogens is 403 g/mol. The van der Waals surface area contributed by atoms with Crippen molar-refractivity contribution in [2.75, 3.05) is 29.8 Å². The lowest BCUT2D eigenvalue weighted by atomic mass is 9.84. The van der Waals surface area contributed by atoms with E-state index in [4.69, 9.17) is 5.10 Å². The van der Waals surface area contributed by atoms with E-state index in [1.807, 2.05) is 41.3 Å². The lowest BCUT2D eigenvalue weighted by Gasteiger charge is -2.36. The summed E-state index contributed by atoms with van der Waals surface area (Å²) in [7, 11) is -1.03. The average Bonchev–Trinajstić information content (AvgIpc) is 3.05. The molecule has 1 saturated heterocycles. The molecule has 3 aliphatic rings. The topological polar surface area (TPSA) is 39.1 Å². The summed E-state index contributed by atoms with van der Waals surface area (Å²) in [6.07, 6.45) is 6.43. The number of rotatable bonds is 2. The largest absolute Gasteiger partial charge is 0.346 e. The van der Waals surface area contributed by atoms with Crippen molar-refractivity contribution in [2.24, 2.45) is 5.10 Å². The lowest BCUT2D eigenvalue weighted by molar-refractivity contribution is 0.425. The van der Waals surface area contributed by atoms with Crippen molar-refractivity contribution in [3.05, 3.63) is 71.2 Å². The fraction of sp³-hybridized carbons (Fsp3) is 0.400. The van der Waals surface area contributed by atoms with Crippen molar-refractivity contribution < 1.29 is 4.57 Å². The Bertz CT molecular complexity index is 1080. The van der Waals surface area contributed by atoms with Gasteiger partial charge in [-0.2, -0.15) is 9.88 Å². The molecule has 5 rings (SSSR count). The molecule has 6 heteroatoms. The average molecular weight is 435 g/mol. The van der Waals surface area contributed by atoms with Gasteiger partial charge in [-0.05, 0) is 36.6 Å². The van der Waals surface area contributed by atoms with E-state index >= 15 is 4.57 Å². The molecule has 2 aromatic rings. The van der Waals surface area contributed by atoms with Crippen molar-refractivity contribution in [2.45, 2.75) is 44.9 Å². The van der Waals surface area contributed by atoms with Crippen LogP contribution in [0.1, 0.15) is 45.1 Å². The Morgan fingerprint density at radius 3 is 2.23 bits per heavy atom. The van der Waals surface area contributed by atoms with Crippen molar-refractivity contribution in [1.82, 2.24) is 4.67 Å². The van der Waals surface area contributed by atoms with Crippen LogP contribution in [0.5, 0.6) is 0 Å². The molecule has 0 spiro atoms. The van der Waals surface area contributed by atoms with Gasteiger partial charge in [0.25, 0.3) is 7.44 Å². The van der Waals surface area contributed by atoms with Gasteiger partial charge in [0.2, 0.25) is 0 Å². The molecule has 5 nitrogen and oxygen atoms in total. The number of likely N-dealkylation sites (N-methyl/N-ethyl adjacent to an activating group) is 1. The van der Waals surface area contributed by atoms with E-state index in [9.17, 15) is 0 Å². The van der Waals surface area contributed by atoms with Crippen LogP contribution in [0.15, 0.2) is 70.7 Å². The number of hydrogen-bond acceptors (Lipinski definition) is 3. The number of benzene rings is 2. The van der Waals surface area contributed by atoms with Crippen LogP contribution in [-0.2, 0) is 9.98 Å². The summed E-state index contributed by atoms with van der Waals surface area (Å²) in [5, 5.41) is 5.65. The predicted molar refractivity (Wildman–Crippen MR) is 130 cm³/mol. The molecule has 3 aliphatic heterocycles. The van der Waals surface area contributed by atoms with Gasteiger partial charge in [0.15, 0.2) is 0 Å². The van der Waals surface area contributed by atoms with Gasteiger partial charge in [-0.15, -0.1) is 0 Å². The van der Waals surface area contributed by atoms with E-state index in [-0.39, 0.29) is 5.41 Å². The zero-order valence-corrected chi connectivity index (χ0v) is 19.6. The van der Waals surface area contributed by atoms with Crippen LogP contribution < -0.4 is 9.68 Å². The second kappa shape index (κ2) is 7.65. The van der Waals surface area contributed by atoms with Crippen LogP contribution >= 0.6 is 7.44 Å². The molecule has 0 aromatic heterocycles. The molecule has 31 heavy (non-hydrogen) atoms. The summed E-state index contributed by atoms with van der Waals surface area (Å²) < 4.78 is 19.2. The number of anilines is 2. The molecule has 0 unspecified atom stereocenters. The van der Waals surface area contributed by atoms with E-state index in [2.05, 4.69) is 54.7 Å².